The fraction of sp³-hybridized carbons (Fsp3) is 0. The van der Waals surface area contributed by atoms with Crippen LogP contribution in [0.3, 0.4) is 0 Å². The molecule has 0 amide bonds. The van der Waals surface area contributed by atoms with Crippen molar-refractivity contribution in [3.05, 3.63) is 85.6 Å². The van der Waals surface area contributed by atoms with Crippen LogP contribution in [0.25, 0.3) is 0 Å². The molecule has 0 aromatic heterocycles. The molecule has 0 aliphatic carbocycles. The molecule has 0 spiro atoms. The third-order valence-corrected chi connectivity index (χ3v) is 1.69. The van der Waals surface area contributed by atoms with Gasteiger partial charge in [-0.3, -0.25) is 0 Å². The van der Waals surface area contributed by atoms with E-state index in [4.69, 9.17) is 0 Å². The molecule has 0 nitrogen and oxygen atoms in total. The van der Waals surface area contributed by atoms with Gasteiger partial charge in [0, 0.05) is 22.4 Å². The third kappa shape index (κ3) is 8.92. The summed E-state index contributed by atoms with van der Waals surface area (Å²) in [5.74, 6) is 0. The van der Waals surface area contributed by atoms with Crippen molar-refractivity contribution in [3.8, 4) is 0 Å². The van der Waals surface area contributed by atoms with E-state index in [2.05, 4.69) is 13.8 Å². The summed E-state index contributed by atoms with van der Waals surface area (Å²) < 4.78 is 0. The molecule has 0 bridgehead atoms. The molecule has 2 heteroatoms. The van der Waals surface area contributed by atoms with Crippen LogP contribution in [0, 0.1) is 13.8 Å². The maximum atomic E-state index is 3.72. The second kappa shape index (κ2) is 11.1. The second-order valence-electron chi connectivity index (χ2n) is 2.97. The van der Waals surface area contributed by atoms with E-state index in [-0.39, 0.29) is 46.4 Å². The predicted octanol–water partition coefficient (Wildman–Crippen LogP) is 4.35. The van der Waals surface area contributed by atoms with Crippen LogP contribution < -0.4 is 0 Å². The molecule has 0 N–H and O–H groups in total. The SMILES string of the molecule is I.[Ag].[CH2-]c1ccccc1.[CH2-]c1ccccc1. The predicted molar refractivity (Wildman–Crippen MR) is 77.2 cm³/mol. The summed E-state index contributed by atoms with van der Waals surface area (Å²) in [6.45, 7) is 7.44. The Morgan fingerprint density at radius 3 is 0.938 bits per heavy atom. The molecule has 2 aromatic rings. The van der Waals surface area contributed by atoms with Gasteiger partial charge in [-0.05, 0) is 0 Å². The maximum Gasteiger partial charge on any atom is 0 e. The van der Waals surface area contributed by atoms with Gasteiger partial charge in [0.05, 0.1) is 0 Å². The van der Waals surface area contributed by atoms with Crippen molar-refractivity contribution in [1.82, 2.24) is 0 Å². The van der Waals surface area contributed by atoms with Gasteiger partial charge in [-0.2, -0.15) is 49.2 Å². The minimum absolute atomic E-state index is 0. The Hall–Kier alpha value is -0.350. The summed E-state index contributed by atoms with van der Waals surface area (Å²) in [5.41, 5.74) is 2.14. The van der Waals surface area contributed by atoms with Gasteiger partial charge in [0.25, 0.3) is 0 Å². The molecule has 0 aliphatic heterocycles. The van der Waals surface area contributed by atoms with Crippen molar-refractivity contribution in [2.75, 3.05) is 0 Å². The van der Waals surface area contributed by atoms with Crippen LogP contribution in [0.1, 0.15) is 11.1 Å². The number of halogens is 1. The summed E-state index contributed by atoms with van der Waals surface area (Å²) in [5, 5.41) is 0. The molecule has 0 fully saturated rings. The molecule has 2 rings (SSSR count). The Labute approximate surface area is 131 Å². The summed E-state index contributed by atoms with van der Waals surface area (Å²) >= 11 is 0. The van der Waals surface area contributed by atoms with Crippen molar-refractivity contribution in [2.45, 2.75) is 0 Å². The van der Waals surface area contributed by atoms with Crippen LogP contribution in [0.15, 0.2) is 60.7 Å². The van der Waals surface area contributed by atoms with E-state index in [0.29, 0.717) is 0 Å². The van der Waals surface area contributed by atoms with Crippen molar-refractivity contribution in [3.63, 3.8) is 0 Å². The Balaban J connectivity index is 0. The van der Waals surface area contributed by atoms with Gasteiger partial charge in [-0.25, -0.2) is 0 Å². The largest absolute Gasteiger partial charge is 0.199 e. The third-order valence-electron chi connectivity index (χ3n) is 1.69. The van der Waals surface area contributed by atoms with E-state index in [1.807, 2.05) is 60.7 Å². The van der Waals surface area contributed by atoms with Crippen LogP contribution in [-0.4, -0.2) is 0 Å². The van der Waals surface area contributed by atoms with Gasteiger partial charge in [0.15, 0.2) is 0 Å². The van der Waals surface area contributed by atoms with Crippen molar-refractivity contribution in [1.29, 1.82) is 0 Å². The number of rotatable bonds is 0. The zero-order chi connectivity index (χ0) is 10.2. The molecule has 0 atom stereocenters. The fourth-order valence-electron chi connectivity index (χ4n) is 0.956. The molecule has 0 saturated carbocycles. The first-order valence-corrected chi connectivity index (χ1v) is 4.53. The number of hydrogen-bond acceptors (Lipinski definition) is 0. The van der Waals surface area contributed by atoms with Crippen molar-refractivity contribution in [2.24, 2.45) is 0 Å². The molecule has 0 heterocycles. The van der Waals surface area contributed by atoms with Crippen LogP contribution in [0.4, 0.5) is 0 Å². The Bertz CT molecular complexity index is 308. The average molecular weight is 418 g/mol. The smallest absolute Gasteiger partial charge is 0 e. The fourth-order valence-corrected chi connectivity index (χ4v) is 0.956. The molecule has 0 saturated heterocycles. The van der Waals surface area contributed by atoms with E-state index in [1.54, 1.807) is 0 Å². The Kier molecular flexibility index (Phi) is 12.6. The van der Waals surface area contributed by atoms with Crippen molar-refractivity contribution >= 4 is 24.0 Å². The second-order valence-corrected chi connectivity index (χ2v) is 2.97. The standard InChI is InChI=1S/2C7H7.Ag.HI/c2*1-7-5-3-2-4-6-7;;/h2*2-6H,1H2;;1H/q2*-1;;. The quantitative estimate of drug-likeness (QED) is 0.339. The minimum Gasteiger partial charge on any atom is -0.199 e. The number of benzene rings is 2. The van der Waals surface area contributed by atoms with E-state index in [1.165, 1.54) is 0 Å². The van der Waals surface area contributed by atoms with E-state index >= 15 is 0 Å². The summed E-state index contributed by atoms with van der Waals surface area (Å²) in [6, 6.07) is 19.7. The van der Waals surface area contributed by atoms with Crippen LogP contribution in [0.5, 0.6) is 0 Å². The molecule has 0 aliphatic rings. The monoisotopic (exact) mass is 417 g/mol. The zero-order valence-electron chi connectivity index (χ0n) is 8.90. The average Bonchev–Trinajstić information content (AvgIpc) is 2.21. The number of hydrogen-bond donors (Lipinski definition) is 0. The Morgan fingerprint density at radius 1 is 0.562 bits per heavy atom. The maximum absolute atomic E-state index is 3.72. The minimum atomic E-state index is 0. The molecule has 2 aromatic carbocycles. The molecule has 1 radical (unpaired) electrons. The van der Waals surface area contributed by atoms with Crippen LogP contribution in [0.2, 0.25) is 0 Å². The van der Waals surface area contributed by atoms with Crippen LogP contribution in [-0.2, 0) is 22.4 Å². The van der Waals surface area contributed by atoms with E-state index in [0.717, 1.165) is 11.1 Å². The summed E-state index contributed by atoms with van der Waals surface area (Å²) in [4.78, 5) is 0. The first kappa shape index (κ1) is 18.0. The van der Waals surface area contributed by atoms with Gasteiger partial charge < -0.3 is 0 Å². The van der Waals surface area contributed by atoms with Crippen LogP contribution >= 0.6 is 24.0 Å². The molecular formula is C14H15AgI-2. The topological polar surface area (TPSA) is 0 Å². The normalized spacial score (nSPS) is 7.50. The van der Waals surface area contributed by atoms with E-state index < -0.39 is 0 Å². The zero-order valence-corrected chi connectivity index (χ0v) is 12.7. The van der Waals surface area contributed by atoms with Gasteiger partial charge >= 0.3 is 0 Å². The first-order chi connectivity index (χ1) is 6.79. The van der Waals surface area contributed by atoms with Gasteiger partial charge in [0.2, 0.25) is 0 Å². The summed E-state index contributed by atoms with van der Waals surface area (Å²) in [6.07, 6.45) is 0. The van der Waals surface area contributed by atoms with E-state index in [9.17, 15) is 0 Å². The van der Waals surface area contributed by atoms with Gasteiger partial charge in [0.1, 0.15) is 0 Å². The molecule has 91 valence electrons. The molecular weight excluding hydrogens is 403 g/mol. The summed E-state index contributed by atoms with van der Waals surface area (Å²) in [7, 11) is 0. The van der Waals surface area contributed by atoms with Gasteiger partial charge in [-0.15, -0.1) is 48.2 Å². The Morgan fingerprint density at radius 2 is 0.812 bits per heavy atom. The molecule has 0 unspecified atom stereocenters. The molecule has 16 heavy (non-hydrogen) atoms. The first-order valence-electron chi connectivity index (χ1n) is 4.53. The van der Waals surface area contributed by atoms with Crippen molar-refractivity contribution < 1.29 is 22.4 Å². The van der Waals surface area contributed by atoms with Gasteiger partial charge in [-0.1, -0.05) is 12.1 Å².